The Bertz CT molecular complexity index is 639. The lowest BCUT2D eigenvalue weighted by Crippen LogP contribution is -2.05. The van der Waals surface area contributed by atoms with E-state index in [1.165, 1.54) is 0 Å². The Labute approximate surface area is 136 Å². The normalized spacial score (nSPS) is 12.3. The van der Waals surface area contributed by atoms with Crippen LogP contribution in [0.25, 0.3) is 0 Å². The molecule has 0 heterocycles. The first-order valence-corrected chi connectivity index (χ1v) is 7.80. The predicted octanol–water partition coefficient (Wildman–Crippen LogP) is 4.92. The minimum absolute atomic E-state index is 0.673. The highest BCUT2D eigenvalue weighted by Crippen LogP contribution is 2.35. The van der Waals surface area contributed by atoms with Crippen molar-refractivity contribution in [1.82, 2.24) is 0 Å². The van der Waals surface area contributed by atoms with Crippen molar-refractivity contribution in [2.24, 2.45) is 0 Å². The quantitative estimate of drug-likeness (QED) is 0.793. The molecule has 0 saturated carbocycles. The molecule has 0 aliphatic carbocycles. The summed E-state index contributed by atoms with van der Waals surface area (Å²) in [5, 5.41) is 10.7. The molecular formula is C16H16Br2O2. The number of aryl methyl sites for hydroxylation is 2. The third-order valence-electron chi connectivity index (χ3n) is 3.33. The van der Waals surface area contributed by atoms with Crippen LogP contribution in [-0.2, 0) is 0 Å². The van der Waals surface area contributed by atoms with E-state index in [0.717, 1.165) is 31.2 Å². The Morgan fingerprint density at radius 1 is 1.00 bits per heavy atom. The minimum Gasteiger partial charge on any atom is -0.496 e. The van der Waals surface area contributed by atoms with E-state index in [1.807, 2.05) is 44.2 Å². The van der Waals surface area contributed by atoms with E-state index in [1.54, 1.807) is 7.11 Å². The van der Waals surface area contributed by atoms with Gasteiger partial charge in [-0.05, 0) is 48.7 Å². The maximum Gasteiger partial charge on any atom is 0.126 e. The van der Waals surface area contributed by atoms with Crippen LogP contribution < -0.4 is 4.74 Å². The number of rotatable bonds is 3. The maximum absolute atomic E-state index is 10.7. The van der Waals surface area contributed by atoms with Crippen molar-refractivity contribution in [3.8, 4) is 5.75 Å². The minimum atomic E-state index is -0.704. The number of benzene rings is 2. The summed E-state index contributed by atoms with van der Waals surface area (Å²) in [7, 11) is 1.61. The first-order chi connectivity index (χ1) is 9.43. The van der Waals surface area contributed by atoms with Gasteiger partial charge in [0, 0.05) is 14.5 Å². The molecule has 0 aliphatic heterocycles. The lowest BCUT2D eigenvalue weighted by atomic mass is 9.95. The molecule has 1 atom stereocenters. The first-order valence-electron chi connectivity index (χ1n) is 6.22. The second-order valence-corrected chi connectivity index (χ2v) is 6.52. The van der Waals surface area contributed by atoms with Crippen molar-refractivity contribution in [3.63, 3.8) is 0 Å². The fraction of sp³-hybridized carbons (Fsp3) is 0.250. The summed E-state index contributed by atoms with van der Waals surface area (Å²) in [5.74, 6) is 0.673. The molecule has 1 unspecified atom stereocenters. The zero-order chi connectivity index (χ0) is 14.9. The Morgan fingerprint density at radius 2 is 1.70 bits per heavy atom. The van der Waals surface area contributed by atoms with Gasteiger partial charge < -0.3 is 9.84 Å². The number of halogens is 2. The van der Waals surface area contributed by atoms with Gasteiger partial charge in [-0.1, -0.05) is 44.0 Å². The summed E-state index contributed by atoms with van der Waals surface area (Å²) >= 11 is 6.92. The first kappa shape index (κ1) is 15.5. The fourth-order valence-electron chi connectivity index (χ4n) is 2.18. The predicted molar refractivity (Wildman–Crippen MR) is 88.4 cm³/mol. The zero-order valence-electron chi connectivity index (χ0n) is 11.6. The van der Waals surface area contributed by atoms with Gasteiger partial charge in [-0.2, -0.15) is 0 Å². The van der Waals surface area contributed by atoms with Gasteiger partial charge in [0.05, 0.1) is 7.11 Å². The average Bonchev–Trinajstić information content (AvgIpc) is 2.42. The Balaban J connectivity index is 2.51. The molecule has 0 bridgehead atoms. The molecule has 0 aromatic heterocycles. The molecule has 0 spiro atoms. The van der Waals surface area contributed by atoms with Crippen LogP contribution in [0.4, 0.5) is 0 Å². The van der Waals surface area contributed by atoms with Crippen LogP contribution in [0.1, 0.15) is 28.4 Å². The highest BCUT2D eigenvalue weighted by atomic mass is 79.9. The highest BCUT2D eigenvalue weighted by Gasteiger charge is 2.18. The second-order valence-electron chi connectivity index (χ2n) is 4.75. The van der Waals surface area contributed by atoms with Crippen molar-refractivity contribution in [2.45, 2.75) is 20.0 Å². The lowest BCUT2D eigenvalue weighted by molar-refractivity contribution is 0.214. The largest absolute Gasteiger partial charge is 0.496 e. The van der Waals surface area contributed by atoms with Gasteiger partial charge >= 0.3 is 0 Å². The molecule has 4 heteroatoms. The topological polar surface area (TPSA) is 29.5 Å². The summed E-state index contributed by atoms with van der Waals surface area (Å²) in [6.45, 7) is 4.01. The van der Waals surface area contributed by atoms with E-state index in [2.05, 4.69) is 31.9 Å². The molecule has 0 radical (unpaired) electrons. The monoisotopic (exact) mass is 398 g/mol. The van der Waals surface area contributed by atoms with E-state index in [9.17, 15) is 5.11 Å². The number of hydrogen-bond donors (Lipinski definition) is 1. The molecule has 0 amide bonds. The van der Waals surface area contributed by atoms with Crippen molar-refractivity contribution >= 4 is 31.9 Å². The van der Waals surface area contributed by atoms with E-state index in [-0.39, 0.29) is 0 Å². The molecule has 0 saturated heterocycles. The molecular weight excluding hydrogens is 384 g/mol. The van der Waals surface area contributed by atoms with Gasteiger partial charge in [-0.3, -0.25) is 0 Å². The second kappa shape index (κ2) is 6.29. The molecule has 0 fully saturated rings. The van der Waals surface area contributed by atoms with Crippen molar-refractivity contribution in [1.29, 1.82) is 0 Å². The van der Waals surface area contributed by atoms with Crippen LogP contribution in [0, 0.1) is 13.8 Å². The van der Waals surface area contributed by atoms with Gasteiger partial charge in [-0.15, -0.1) is 0 Å². The zero-order valence-corrected chi connectivity index (χ0v) is 14.7. The van der Waals surface area contributed by atoms with Gasteiger partial charge in [0.1, 0.15) is 11.9 Å². The van der Waals surface area contributed by atoms with E-state index in [4.69, 9.17) is 4.74 Å². The number of hydrogen-bond acceptors (Lipinski definition) is 2. The Hall–Kier alpha value is -0.840. The number of ether oxygens (including phenoxy) is 1. The van der Waals surface area contributed by atoms with Crippen LogP contribution >= 0.6 is 31.9 Å². The summed E-state index contributed by atoms with van der Waals surface area (Å²) < 4.78 is 7.34. The van der Waals surface area contributed by atoms with Gasteiger partial charge in [-0.25, -0.2) is 0 Å². The van der Waals surface area contributed by atoms with Crippen LogP contribution in [-0.4, -0.2) is 12.2 Å². The van der Waals surface area contributed by atoms with Crippen LogP contribution in [0.2, 0.25) is 0 Å². The SMILES string of the molecule is COc1cc(Br)ccc1C(O)c1cc(C)c(Br)cc1C. The smallest absolute Gasteiger partial charge is 0.126 e. The summed E-state index contributed by atoms with van der Waals surface area (Å²) in [5.41, 5.74) is 3.80. The highest BCUT2D eigenvalue weighted by molar-refractivity contribution is 9.10. The van der Waals surface area contributed by atoms with Crippen LogP contribution in [0.5, 0.6) is 5.75 Å². The summed E-state index contributed by atoms with van der Waals surface area (Å²) in [4.78, 5) is 0. The Kier molecular flexibility index (Phi) is 4.89. The summed E-state index contributed by atoms with van der Waals surface area (Å²) in [6.07, 6.45) is -0.704. The van der Waals surface area contributed by atoms with Gasteiger partial charge in [0.2, 0.25) is 0 Å². The Morgan fingerprint density at radius 3 is 2.35 bits per heavy atom. The number of aliphatic hydroxyl groups excluding tert-OH is 1. The van der Waals surface area contributed by atoms with Gasteiger partial charge in [0.25, 0.3) is 0 Å². The molecule has 2 nitrogen and oxygen atoms in total. The van der Waals surface area contributed by atoms with Crippen LogP contribution in [0.3, 0.4) is 0 Å². The van der Waals surface area contributed by atoms with Crippen molar-refractivity contribution in [2.75, 3.05) is 7.11 Å². The third-order valence-corrected chi connectivity index (χ3v) is 4.68. The van der Waals surface area contributed by atoms with E-state index >= 15 is 0 Å². The fourth-order valence-corrected chi connectivity index (χ4v) is 2.97. The van der Waals surface area contributed by atoms with Crippen molar-refractivity contribution < 1.29 is 9.84 Å². The summed E-state index contributed by atoms with van der Waals surface area (Å²) in [6, 6.07) is 9.68. The average molecular weight is 400 g/mol. The molecule has 0 aliphatic rings. The molecule has 20 heavy (non-hydrogen) atoms. The molecule has 1 N–H and O–H groups in total. The maximum atomic E-state index is 10.7. The number of methoxy groups -OCH3 is 1. The van der Waals surface area contributed by atoms with Crippen molar-refractivity contribution in [3.05, 3.63) is 61.5 Å². The van der Waals surface area contributed by atoms with E-state index in [0.29, 0.717) is 5.75 Å². The van der Waals surface area contributed by atoms with Crippen LogP contribution in [0.15, 0.2) is 39.3 Å². The molecule has 2 rings (SSSR count). The molecule has 106 valence electrons. The van der Waals surface area contributed by atoms with E-state index < -0.39 is 6.10 Å². The molecule has 2 aromatic carbocycles. The number of aliphatic hydroxyl groups is 1. The third kappa shape index (κ3) is 3.08. The molecule has 2 aromatic rings. The van der Waals surface area contributed by atoms with Gasteiger partial charge in [0.15, 0.2) is 0 Å². The lowest BCUT2D eigenvalue weighted by Gasteiger charge is -2.18. The standard InChI is InChI=1S/C16H16Br2O2/c1-9-7-14(18)10(2)6-13(9)16(19)12-5-4-11(17)8-15(12)20-3/h4-8,16,19H,1-3H3.